The molecule has 0 amide bonds. The molecular weight excluding hydrogens is 333 g/mol. The van der Waals surface area contributed by atoms with Gasteiger partial charge < -0.3 is 5.32 Å². The topological polar surface area (TPSA) is 54.9 Å². The van der Waals surface area contributed by atoms with Gasteiger partial charge in [-0.1, -0.05) is 36.9 Å². The highest BCUT2D eigenvalue weighted by Crippen LogP contribution is 2.26. The third-order valence-electron chi connectivity index (χ3n) is 3.01. The van der Waals surface area contributed by atoms with Crippen LogP contribution in [0.4, 0.5) is 9.52 Å². The van der Waals surface area contributed by atoms with E-state index in [1.807, 2.05) is 0 Å². The standard InChI is InChI=1S/C16H20FN3OS2/c1-11(2)10-18-15-19-20-16(23-15)22-9-3-4-14(21)12-5-7-13(17)8-6-12/h5-8,11H,3-4,9-10H2,1-2H3,(H,18,19). The number of benzene rings is 1. The highest BCUT2D eigenvalue weighted by atomic mass is 32.2. The summed E-state index contributed by atoms with van der Waals surface area (Å²) in [6.07, 6.45) is 1.21. The molecule has 0 saturated carbocycles. The van der Waals surface area contributed by atoms with Crippen molar-refractivity contribution < 1.29 is 9.18 Å². The average molecular weight is 353 g/mol. The predicted molar refractivity (Wildman–Crippen MR) is 93.9 cm³/mol. The van der Waals surface area contributed by atoms with Crippen molar-refractivity contribution in [2.45, 2.75) is 31.0 Å². The Labute approximate surface area is 143 Å². The Kier molecular flexibility index (Phi) is 6.98. The molecule has 0 fully saturated rings. The van der Waals surface area contributed by atoms with Crippen molar-refractivity contribution in [2.75, 3.05) is 17.6 Å². The number of hydrogen-bond donors (Lipinski definition) is 1. The SMILES string of the molecule is CC(C)CNc1nnc(SCCCC(=O)c2ccc(F)cc2)s1. The molecule has 0 saturated heterocycles. The molecule has 0 aliphatic heterocycles. The van der Waals surface area contributed by atoms with Crippen LogP contribution in [0.2, 0.25) is 0 Å². The van der Waals surface area contributed by atoms with Gasteiger partial charge in [-0.15, -0.1) is 10.2 Å². The molecule has 1 aromatic carbocycles. The number of halogens is 1. The molecule has 23 heavy (non-hydrogen) atoms. The largest absolute Gasteiger partial charge is 0.360 e. The van der Waals surface area contributed by atoms with E-state index in [0.717, 1.165) is 28.2 Å². The molecule has 7 heteroatoms. The Balaban J connectivity index is 1.69. The number of carbonyl (C=O) groups is 1. The van der Waals surface area contributed by atoms with Crippen molar-refractivity contribution >= 4 is 34.0 Å². The first-order valence-electron chi connectivity index (χ1n) is 7.53. The van der Waals surface area contributed by atoms with Crippen molar-refractivity contribution in [1.82, 2.24) is 10.2 Å². The summed E-state index contributed by atoms with van der Waals surface area (Å²) in [6, 6.07) is 5.69. The zero-order valence-corrected chi connectivity index (χ0v) is 14.8. The lowest BCUT2D eigenvalue weighted by molar-refractivity contribution is 0.0982. The lowest BCUT2D eigenvalue weighted by Crippen LogP contribution is -2.07. The van der Waals surface area contributed by atoms with Crippen molar-refractivity contribution in [3.05, 3.63) is 35.6 Å². The van der Waals surface area contributed by atoms with Gasteiger partial charge in [0.15, 0.2) is 10.1 Å². The molecule has 0 radical (unpaired) electrons. The molecule has 0 atom stereocenters. The lowest BCUT2D eigenvalue weighted by atomic mass is 10.1. The first kappa shape index (κ1) is 17.9. The summed E-state index contributed by atoms with van der Waals surface area (Å²) in [6.45, 7) is 5.16. The number of nitrogens with one attached hydrogen (secondary N) is 1. The zero-order valence-electron chi connectivity index (χ0n) is 13.2. The van der Waals surface area contributed by atoms with E-state index in [1.165, 1.54) is 35.6 Å². The minimum absolute atomic E-state index is 0.0437. The quantitative estimate of drug-likeness (QED) is 0.409. The Hall–Kier alpha value is -1.47. The van der Waals surface area contributed by atoms with Crippen LogP contribution in [-0.4, -0.2) is 28.3 Å². The number of rotatable bonds is 9. The molecule has 4 nitrogen and oxygen atoms in total. The summed E-state index contributed by atoms with van der Waals surface area (Å²) in [5, 5.41) is 12.3. The van der Waals surface area contributed by atoms with E-state index in [-0.39, 0.29) is 11.6 Å². The van der Waals surface area contributed by atoms with Crippen LogP contribution in [0.25, 0.3) is 0 Å². The van der Waals surface area contributed by atoms with E-state index in [4.69, 9.17) is 0 Å². The van der Waals surface area contributed by atoms with Gasteiger partial charge in [-0.05, 0) is 36.6 Å². The highest BCUT2D eigenvalue weighted by molar-refractivity contribution is 8.01. The van der Waals surface area contributed by atoms with Gasteiger partial charge in [-0.2, -0.15) is 0 Å². The van der Waals surface area contributed by atoms with Crippen LogP contribution in [0.5, 0.6) is 0 Å². The maximum Gasteiger partial charge on any atom is 0.206 e. The van der Waals surface area contributed by atoms with Gasteiger partial charge in [0.1, 0.15) is 5.82 Å². The Morgan fingerprint density at radius 2 is 2.04 bits per heavy atom. The Bertz CT molecular complexity index is 629. The molecule has 2 aromatic rings. The summed E-state index contributed by atoms with van der Waals surface area (Å²) in [5.41, 5.74) is 0.562. The fraction of sp³-hybridized carbons (Fsp3) is 0.438. The van der Waals surface area contributed by atoms with Crippen LogP contribution in [0, 0.1) is 11.7 Å². The molecule has 124 valence electrons. The average Bonchev–Trinajstić information content (AvgIpc) is 2.98. The van der Waals surface area contributed by atoms with Crippen LogP contribution in [0.3, 0.4) is 0 Å². The van der Waals surface area contributed by atoms with Crippen molar-refractivity contribution in [1.29, 1.82) is 0 Å². The second-order valence-corrected chi connectivity index (χ2v) is 7.85. The predicted octanol–water partition coefficient (Wildman–Crippen LogP) is 4.50. The summed E-state index contributed by atoms with van der Waals surface area (Å²) in [4.78, 5) is 12.0. The van der Waals surface area contributed by atoms with Gasteiger partial charge in [0, 0.05) is 24.3 Å². The van der Waals surface area contributed by atoms with Gasteiger partial charge in [-0.25, -0.2) is 4.39 Å². The van der Waals surface area contributed by atoms with E-state index in [1.54, 1.807) is 11.8 Å². The first-order chi connectivity index (χ1) is 11.0. The molecule has 0 bridgehead atoms. The number of nitrogens with zero attached hydrogens (tertiary/aromatic N) is 2. The number of carbonyl (C=O) groups excluding carboxylic acids is 1. The number of aromatic nitrogens is 2. The molecule has 0 aliphatic rings. The van der Waals surface area contributed by atoms with E-state index in [2.05, 4.69) is 29.4 Å². The van der Waals surface area contributed by atoms with Crippen LogP contribution in [0.15, 0.2) is 28.6 Å². The third-order valence-corrected chi connectivity index (χ3v) is 5.11. The van der Waals surface area contributed by atoms with Crippen LogP contribution >= 0.6 is 23.1 Å². The molecule has 2 rings (SSSR count). The Morgan fingerprint density at radius 3 is 2.74 bits per heavy atom. The zero-order chi connectivity index (χ0) is 16.7. The number of anilines is 1. The number of ketones is 1. The van der Waals surface area contributed by atoms with Crippen molar-refractivity contribution in [3.63, 3.8) is 0 Å². The first-order valence-corrected chi connectivity index (χ1v) is 9.33. The number of thioether (sulfide) groups is 1. The molecule has 0 aliphatic carbocycles. The van der Waals surface area contributed by atoms with Crippen LogP contribution in [0.1, 0.15) is 37.0 Å². The summed E-state index contributed by atoms with van der Waals surface area (Å²) in [5.74, 6) is 1.09. The van der Waals surface area contributed by atoms with Crippen LogP contribution in [-0.2, 0) is 0 Å². The lowest BCUT2D eigenvalue weighted by Gasteiger charge is -2.03. The fourth-order valence-corrected chi connectivity index (χ4v) is 3.57. The maximum atomic E-state index is 12.8. The smallest absolute Gasteiger partial charge is 0.206 e. The van der Waals surface area contributed by atoms with E-state index in [0.29, 0.717) is 17.9 Å². The minimum Gasteiger partial charge on any atom is -0.360 e. The van der Waals surface area contributed by atoms with Crippen molar-refractivity contribution in [2.24, 2.45) is 5.92 Å². The fourth-order valence-electron chi connectivity index (χ4n) is 1.80. The normalized spacial score (nSPS) is 11.0. The molecule has 1 N–H and O–H groups in total. The van der Waals surface area contributed by atoms with Gasteiger partial charge in [0.2, 0.25) is 5.13 Å². The maximum absolute atomic E-state index is 12.8. The van der Waals surface area contributed by atoms with Crippen molar-refractivity contribution in [3.8, 4) is 0 Å². The van der Waals surface area contributed by atoms with Crippen LogP contribution < -0.4 is 5.32 Å². The van der Waals surface area contributed by atoms with E-state index in [9.17, 15) is 9.18 Å². The third kappa shape index (κ3) is 6.27. The summed E-state index contributed by atoms with van der Waals surface area (Å²) in [7, 11) is 0. The number of hydrogen-bond acceptors (Lipinski definition) is 6. The van der Waals surface area contributed by atoms with Gasteiger partial charge in [-0.3, -0.25) is 4.79 Å². The molecule has 0 unspecified atom stereocenters. The van der Waals surface area contributed by atoms with Gasteiger partial charge >= 0.3 is 0 Å². The van der Waals surface area contributed by atoms with E-state index >= 15 is 0 Å². The molecule has 1 aromatic heterocycles. The van der Waals surface area contributed by atoms with E-state index < -0.39 is 0 Å². The second-order valence-electron chi connectivity index (χ2n) is 5.53. The van der Waals surface area contributed by atoms with Gasteiger partial charge in [0.05, 0.1) is 0 Å². The summed E-state index contributed by atoms with van der Waals surface area (Å²) < 4.78 is 13.7. The molecule has 0 spiro atoms. The molecule has 1 heterocycles. The Morgan fingerprint density at radius 1 is 1.30 bits per heavy atom. The minimum atomic E-state index is -0.324. The monoisotopic (exact) mass is 353 g/mol. The number of Topliss-reactive ketones (excluding diaryl/α,β-unsaturated/α-hetero) is 1. The summed E-state index contributed by atoms with van der Waals surface area (Å²) >= 11 is 3.14. The highest BCUT2D eigenvalue weighted by Gasteiger charge is 2.08. The molecular formula is C16H20FN3OS2. The van der Waals surface area contributed by atoms with Gasteiger partial charge in [0.25, 0.3) is 0 Å². The second kappa shape index (κ2) is 8.98.